The molecule has 4 atom stereocenters. The van der Waals surface area contributed by atoms with Gasteiger partial charge in [-0.3, -0.25) is 0 Å². The number of nitrogens with zero attached hydrogens (tertiary/aromatic N) is 1. The lowest BCUT2D eigenvalue weighted by Gasteiger charge is -2.33. The van der Waals surface area contributed by atoms with E-state index >= 15 is 0 Å². The summed E-state index contributed by atoms with van der Waals surface area (Å²) < 4.78 is 0. The van der Waals surface area contributed by atoms with Crippen molar-refractivity contribution in [3.63, 3.8) is 0 Å². The number of hydrogen-bond acceptors (Lipinski definition) is 3. The van der Waals surface area contributed by atoms with Gasteiger partial charge < -0.3 is 10.2 Å². The molecule has 1 N–H and O–H groups in total. The van der Waals surface area contributed by atoms with Crippen molar-refractivity contribution in [1.82, 2.24) is 10.2 Å². The Bertz CT molecular complexity index is 349. The molecule has 17 heavy (non-hydrogen) atoms. The molecule has 2 fully saturated rings. The van der Waals surface area contributed by atoms with Gasteiger partial charge in [0.25, 0.3) is 0 Å². The second kappa shape index (κ2) is 5.09. The third-order valence-corrected chi connectivity index (χ3v) is 4.99. The molecule has 3 heteroatoms. The molecule has 2 bridgehead atoms. The normalized spacial score (nSPS) is 33.8. The first kappa shape index (κ1) is 11.7. The van der Waals surface area contributed by atoms with Gasteiger partial charge in [0.1, 0.15) is 0 Å². The SMILES string of the molecule is CC(Cc1ccsc1)NC1CCN2CCC1C2. The first-order valence-electron chi connectivity index (χ1n) is 6.81. The lowest BCUT2D eigenvalue weighted by atomic mass is 9.93. The number of piperidine rings is 1. The predicted octanol–water partition coefficient (Wildman–Crippen LogP) is 2.36. The number of thiophene rings is 1. The van der Waals surface area contributed by atoms with E-state index in [1.165, 1.54) is 44.5 Å². The van der Waals surface area contributed by atoms with Gasteiger partial charge in [-0.2, -0.15) is 11.3 Å². The third kappa shape index (κ3) is 2.72. The summed E-state index contributed by atoms with van der Waals surface area (Å²) in [5.41, 5.74) is 1.49. The quantitative estimate of drug-likeness (QED) is 0.882. The molecule has 3 rings (SSSR count). The van der Waals surface area contributed by atoms with Gasteiger partial charge in [-0.1, -0.05) is 0 Å². The summed E-state index contributed by atoms with van der Waals surface area (Å²) in [7, 11) is 0. The van der Waals surface area contributed by atoms with Crippen LogP contribution >= 0.6 is 11.3 Å². The molecular weight excluding hydrogens is 228 g/mol. The molecule has 2 nitrogen and oxygen atoms in total. The zero-order valence-electron chi connectivity index (χ0n) is 10.6. The zero-order chi connectivity index (χ0) is 11.7. The highest BCUT2D eigenvalue weighted by molar-refractivity contribution is 7.07. The Balaban J connectivity index is 1.52. The van der Waals surface area contributed by atoms with Gasteiger partial charge >= 0.3 is 0 Å². The first-order chi connectivity index (χ1) is 8.31. The Morgan fingerprint density at radius 3 is 3.18 bits per heavy atom. The van der Waals surface area contributed by atoms with Crippen LogP contribution in [0.3, 0.4) is 0 Å². The molecule has 0 spiro atoms. The fraction of sp³-hybridized carbons (Fsp3) is 0.714. The van der Waals surface area contributed by atoms with E-state index in [-0.39, 0.29) is 0 Å². The second-order valence-electron chi connectivity index (χ2n) is 5.65. The highest BCUT2D eigenvalue weighted by Crippen LogP contribution is 2.27. The molecule has 2 aliphatic heterocycles. The van der Waals surface area contributed by atoms with E-state index in [4.69, 9.17) is 0 Å². The fourth-order valence-electron chi connectivity index (χ4n) is 3.36. The molecule has 1 aromatic rings. The van der Waals surface area contributed by atoms with E-state index < -0.39 is 0 Å². The summed E-state index contributed by atoms with van der Waals surface area (Å²) in [6, 6.07) is 3.63. The van der Waals surface area contributed by atoms with E-state index in [2.05, 4.69) is 34.0 Å². The predicted molar refractivity (Wildman–Crippen MR) is 73.6 cm³/mol. The molecule has 3 heterocycles. The Morgan fingerprint density at radius 1 is 1.47 bits per heavy atom. The Hall–Kier alpha value is -0.380. The van der Waals surface area contributed by atoms with Gasteiger partial charge in [0.05, 0.1) is 0 Å². The maximum atomic E-state index is 3.86. The van der Waals surface area contributed by atoms with Crippen LogP contribution in [0.1, 0.15) is 25.3 Å². The van der Waals surface area contributed by atoms with Crippen molar-refractivity contribution in [3.8, 4) is 0 Å². The van der Waals surface area contributed by atoms with Gasteiger partial charge in [0.15, 0.2) is 0 Å². The summed E-state index contributed by atoms with van der Waals surface area (Å²) in [4.78, 5) is 2.62. The largest absolute Gasteiger partial charge is 0.311 e. The van der Waals surface area contributed by atoms with Crippen molar-refractivity contribution in [2.24, 2.45) is 5.92 Å². The van der Waals surface area contributed by atoms with Crippen LogP contribution in [0.25, 0.3) is 0 Å². The molecule has 2 aliphatic rings. The molecule has 4 unspecified atom stereocenters. The van der Waals surface area contributed by atoms with Crippen molar-refractivity contribution in [2.75, 3.05) is 19.6 Å². The summed E-state index contributed by atoms with van der Waals surface area (Å²) in [5.74, 6) is 0.911. The van der Waals surface area contributed by atoms with Crippen LogP contribution in [0.2, 0.25) is 0 Å². The van der Waals surface area contributed by atoms with E-state index in [1.54, 1.807) is 11.3 Å². The molecule has 2 saturated heterocycles. The molecule has 0 saturated carbocycles. The second-order valence-corrected chi connectivity index (χ2v) is 6.43. The summed E-state index contributed by atoms with van der Waals surface area (Å²) in [6.45, 7) is 6.31. The average molecular weight is 250 g/mol. The average Bonchev–Trinajstić information content (AvgIpc) is 2.93. The van der Waals surface area contributed by atoms with E-state index in [0.717, 1.165) is 12.0 Å². The van der Waals surface area contributed by atoms with Crippen molar-refractivity contribution in [2.45, 2.75) is 38.3 Å². The molecular formula is C14H22N2S. The lowest BCUT2D eigenvalue weighted by molar-refractivity contribution is 0.211. The topological polar surface area (TPSA) is 15.3 Å². The Kier molecular flexibility index (Phi) is 3.50. The van der Waals surface area contributed by atoms with Gasteiger partial charge in [-0.15, -0.1) is 0 Å². The minimum atomic E-state index is 0.613. The lowest BCUT2D eigenvalue weighted by Crippen LogP contribution is -2.47. The number of nitrogens with one attached hydrogen (secondary N) is 1. The maximum absolute atomic E-state index is 3.86. The van der Waals surface area contributed by atoms with Crippen LogP contribution in [0, 0.1) is 5.92 Å². The van der Waals surface area contributed by atoms with E-state index in [0.29, 0.717) is 6.04 Å². The molecule has 1 aromatic heterocycles. The first-order valence-corrected chi connectivity index (χ1v) is 7.75. The highest BCUT2D eigenvalue weighted by Gasteiger charge is 2.34. The minimum Gasteiger partial charge on any atom is -0.311 e. The van der Waals surface area contributed by atoms with E-state index in [1.807, 2.05) is 0 Å². The molecule has 0 amide bonds. The summed E-state index contributed by atoms with van der Waals surface area (Å²) >= 11 is 1.80. The van der Waals surface area contributed by atoms with Gasteiger partial charge in [0, 0.05) is 18.6 Å². The summed E-state index contributed by atoms with van der Waals surface area (Å²) in [6.07, 6.45) is 3.93. The minimum absolute atomic E-state index is 0.613. The Labute approximate surface area is 108 Å². The van der Waals surface area contributed by atoms with Gasteiger partial charge in [0.2, 0.25) is 0 Å². The van der Waals surface area contributed by atoms with E-state index in [9.17, 15) is 0 Å². The molecule has 94 valence electrons. The van der Waals surface area contributed by atoms with Crippen molar-refractivity contribution < 1.29 is 0 Å². The number of fused-ring (bicyclic) bond motifs is 2. The Morgan fingerprint density at radius 2 is 2.35 bits per heavy atom. The van der Waals surface area contributed by atoms with Crippen LogP contribution in [-0.4, -0.2) is 36.6 Å². The molecule has 0 radical (unpaired) electrons. The van der Waals surface area contributed by atoms with Crippen LogP contribution in [0.4, 0.5) is 0 Å². The molecule has 0 aliphatic carbocycles. The number of rotatable bonds is 4. The fourth-order valence-corrected chi connectivity index (χ4v) is 4.04. The third-order valence-electron chi connectivity index (χ3n) is 4.25. The van der Waals surface area contributed by atoms with Gasteiger partial charge in [-0.25, -0.2) is 0 Å². The van der Waals surface area contributed by atoms with Crippen molar-refractivity contribution in [3.05, 3.63) is 22.4 Å². The van der Waals surface area contributed by atoms with Crippen molar-refractivity contribution >= 4 is 11.3 Å². The standard InChI is InChI=1S/C14H22N2S/c1-11(8-12-4-7-17-10-12)15-14-3-6-16-5-2-13(14)9-16/h4,7,10-11,13-15H,2-3,5-6,8-9H2,1H3. The van der Waals surface area contributed by atoms with Crippen molar-refractivity contribution in [1.29, 1.82) is 0 Å². The maximum Gasteiger partial charge on any atom is 0.0123 e. The van der Waals surface area contributed by atoms with Gasteiger partial charge in [-0.05, 0) is 67.6 Å². The van der Waals surface area contributed by atoms with Crippen LogP contribution < -0.4 is 5.32 Å². The highest BCUT2D eigenvalue weighted by atomic mass is 32.1. The summed E-state index contributed by atoms with van der Waals surface area (Å²) in [5, 5.41) is 8.31. The van der Waals surface area contributed by atoms with Crippen LogP contribution in [0.15, 0.2) is 16.8 Å². The van der Waals surface area contributed by atoms with Crippen LogP contribution in [-0.2, 0) is 6.42 Å². The number of hydrogen-bond donors (Lipinski definition) is 1. The monoisotopic (exact) mass is 250 g/mol. The molecule has 0 aromatic carbocycles. The smallest absolute Gasteiger partial charge is 0.0123 e. The zero-order valence-corrected chi connectivity index (χ0v) is 11.4. The van der Waals surface area contributed by atoms with Crippen LogP contribution in [0.5, 0.6) is 0 Å².